The highest BCUT2D eigenvalue weighted by atomic mass is 16.5. The van der Waals surface area contributed by atoms with Crippen LogP contribution in [0, 0.1) is 0 Å². The van der Waals surface area contributed by atoms with Gasteiger partial charge in [-0.25, -0.2) is 24.1 Å². The van der Waals surface area contributed by atoms with Crippen molar-refractivity contribution in [1.82, 2.24) is 19.1 Å². The third kappa shape index (κ3) is 2.50. The minimum Gasteiger partial charge on any atom is -0.459 e. The van der Waals surface area contributed by atoms with E-state index in [4.69, 9.17) is 4.74 Å². The van der Waals surface area contributed by atoms with E-state index in [2.05, 4.69) is 9.97 Å². The Hall–Kier alpha value is -2.96. The number of rotatable bonds is 3. The predicted molar refractivity (Wildman–Crippen MR) is 84.7 cm³/mol. The van der Waals surface area contributed by atoms with Gasteiger partial charge in [0.05, 0.1) is 17.1 Å². The number of hydrogen-bond acceptors (Lipinski definition) is 5. The number of aromatic nitrogens is 4. The zero-order valence-corrected chi connectivity index (χ0v) is 13.1. The van der Waals surface area contributed by atoms with E-state index in [0.717, 1.165) is 5.52 Å². The highest BCUT2D eigenvalue weighted by molar-refractivity contribution is 5.93. The van der Waals surface area contributed by atoms with Gasteiger partial charge in [-0.2, -0.15) is 0 Å². The highest BCUT2D eigenvalue weighted by Crippen LogP contribution is 2.18. The Balaban J connectivity index is 2.27. The van der Waals surface area contributed by atoms with Crippen LogP contribution in [0.15, 0.2) is 41.6 Å². The lowest BCUT2D eigenvalue weighted by Crippen LogP contribution is -2.24. The Labute approximate surface area is 132 Å². The number of nitrogens with zero attached hydrogens (tertiary/aromatic N) is 4. The monoisotopic (exact) mass is 312 g/mol. The molecule has 0 aliphatic heterocycles. The van der Waals surface area contributed by atoms with Crippen LogP contribution in [0.1, 0.15) is 24.2 Å². The highest BCUT2D eigenvalue weighted by Gasteiger charge is 2.21. The maximum atomic E-state index is 12.6. The van der Waals surface area contributed by atoms with Crippen LogP contribution in [-0.4, -0.2) is 31.2 Å². The van der Waals surface area contributed by atoms with Crippen LogP contribution in [0.2, 0.25) is 0 Å². The molecule has 0 aliphatic rings. The van der Waals surface area contributed by atoms with Crippen LogP contribution in [0.5, 0.6) is 0 Å². The van der Waals surface area contributed by atoms with Gasteiger partial charge in [0.25, 0.3) is 0 Å². The molecule has 0 fully saturated rings. The fourth-order valence-electron chi connectivity index (χ4n) is 2.42. The molecule has 0 radical (unpaired) electrons. The molecule has 2 heterocycles. The molecule has 0 amide bonds. The molecule has 3 aromatic rings. The van der Waals surface area contributed by atoms with Gasteiger partial charge in [-0.05, 0) is 26.0 Å². The Bertz CT molecular complexity index is 940. The van der Waals surface area contributed by atoms with Crippen LogP contribution in [0.4, 0.5) is 0 Å². The summed E-state index contributed by atoms with van der Waals surface area (Å²) in [6.07, 6.45) is 2.39. The lowest BCUT2D eigenvalue weighted by Gasteiger charge is -2.10. The third-order valence-corrected chi connectivity index (χ3v) is 3.43. The Kier molecular flexibility index (Phi) is 3.69. The molecule has 0 spiro atoms. The Morgan fingerprint density at radius 2 is 1.91 bits per heavy atom. The minimum absolute atomic E-state index is 0.152. The van der Waals surface area contributed by atoms with Crippen molar-refractivity contribution in [2.45, 2.75) is 20.0 Å². The molecule has 0 unspecified atom stereocenters. The van der Waals surface area contributed by atoms with Gasteiger partial charge in [0.2, 0.25) is 0 Å². The molecule has 7 nitrogen and oxygen atoms in total. The van der Waals surface area contributed by atoms with Gasteiger partial charge in [0, 0.05) is 13.2 Å². The van der Waals surface area contributed by atoms with Gasteiger partial charge in [-0.1, -0.05) is 12.1 Å². The first-order valence-electron chi connectivity index (χ1n) is 7.18. The molecule has 0 aliphatic carbocycles. The van der Waals surface area contributed by atoms with Crippen molar-refractivity contribution in [2.75, 3.05) is 0 Å². The van der Waals surface area contributed by atoms with Gasteiger partial charge < -0.3 is 4.74 Å². The Morgan fingerprint density at radius 3 is 2.61 bits per heavy atom. The van der Waals surface area contributed by atoms with Gasteiger partial charge in [0.15, 0.2) is 5.82 Å². The molecule has 0 N–H and O–H groups in total. The molecule has 0 bridgehead atoms. The third-order valence-electron chi connectivity index (χ3n) is 3.43. The number of carbonyl (C=O) groups excluding carboxylic acids is 1. The minimum atomic E-state index is -0.560. The van der Waals surface area contributed by atoms with Crippen LogP contribution < -0.4 is 5.69 Å². The fourth-order valence-corrected chi connectivity index (χ4v) is 2.42. The summed E-state index contributed by atoms with van der Waals surface area (Å²) >= 11 is 0. The number of benzene rings is 1. The lowest BCUT2D eigenvalue weighted by molar-refractivity contribution is 0.0377. The van der Waals surface area contributed by atoms with E-state index >= 15 is 0 Å². The predicted octanol–water partition coefficient (Wildman–Crippen LogP) is 1.68. The molecular formula is C16H16N4O3. The van der Waals surface area contributed by atoms with Crippen LogP contribution >= 0.6 is 0 Å². The summed E-state index contributed by atoms with van der Waals surface area (Å²) in [7, 11) is 1.68. The molecular weight excluding hydrogens is 296 g/mol. The molecule has 0 saturated heterocycles. The van der Waals surface area contributed by atoms with Gasteiger partial charge >= 0.3 is 11.7 Å². The second-order valence-electron chi connectivity index (χ2n) is 5.38. The standard InChI is InChI=1S/C16H16N4O3/c1-10(2)23-15(21)11-8-17-9-18-14(11)20-13-7-5-4-6-12(13)19(3)16(20)22/h4-10H,1-3H3. The summed E-state index contributed by atoms with van der Waals surface area (Å²) in [4.78, 5) is 32.9. The molecule has 7 heteroatoms. The van der Waals surface area contributed by atoms with E-state index in [1.165, 1.54) is 21.7 Å². The molecule has 23 heavy (non-hydrogen) atoms. The molecule has 3 rings (SSSR count). The first kappa shape index (κ1) is 15.0. The molecule has 118 valence electrons. The smallest absolute Gasteiger partial charge is 0.343 e. The summed E-state index contributed by atoms with van der Waals surface area (Å²) in [5, 5.41) is 0. The van der Waals surface area contributed by atoms with Crippen molar-refractivity contribution in [2.24, 2.45) is 7.05 Å². The molecule has 2 aromatic heterocycles. The number of fused-ring (bicyclic) bond motifs is 1. The number of aryl methyl sites for hydroxylation is 1. The van der Waals surface area contributed by atoms with Gasteiger partial charge in [-0.15, -0.1) is 0 Å². The van der Waals surface area contributed by atoms with Crippen LogP contribution in [0.25, 0.3) is 16.9 Å². The van der Waals surface area contributed by atoms with Crippen molar-refractivity contribution < 1.29 is 9.53 Å². The number of esters is 1. The van der Waals surface area contributed by atoms with Crippen molar-refractivity contribution in [3.8, 4) is 5.82 Å². The summed E-state index contributed by atoms with van der Waals surface area (Å²) in [6, 6.07) is 7.31. The zero-order chi connectivity index (χ0) is 16.6. The van der Waals surface area contributed by atoms with Crippen molar-refractivity contribution in [1.29, 1.82) is 0 Å². The summed E-state index contributed by atoms with van der Waals surface area (Å²) < 4.78 is 8.12. The van der Waals surface area contributed by atoms with Crippen LogP contribution in [-0.2, 0) is 11.8 Å². The number of ether oxygens (including phenoxy) is 1. The quantitative estimate of drug-likeness (QED) is 0.688. The van der Waals surface area contributed by atoms with E-state index in [-0.39, 0.29) is 23.2 Å². The SMILES string of the molecule is CC(C)OC(=O)c1cncnc1-n1c(=O)n(C)c2ccccc21. The number of para-hydroxylation sites is 2. The fraction of sp³-hybridized carbons (Fsp3) is 0.250. The second-order valence-corrected chi connectivity index (χ2v) is 5.38. The molecule has 1 aromatic carbocycles. The summed E-state index contributed by atoms with van der Waals surface area (Å²) in [5.74, 6) is -0.345. The largest absolute Gasteiger partial charge is 0.459 e. The van der Waals surface area contributed by atoms with E-state index in [9.17, 15) is 9.59 Å². The second kappa shape index (κ2) is 5.68. The van der Waals surface area contributed by atoms with Gasteiger partial charge in [-0.3, -0.25) is 4.57 Å². The first-order valence-corrected chi connectivity index (χ1v) is 7.18. The van der Waals surface area contributed by atoms with Crippen molar-refractivity contribution in [3.05, 3.63) is 52.8 Å². The van der Waals surface area contributed by atoms with Crippen LogP contribution in [0.3, 0.4) is 0 Å². The van der Waals surface area contributed by atoms with E-state index in [1.54, 1.807) is 27.0 Å². The zero-order valence-electron chi connectivity index (χ0n) is 13.1. The average molecular weight is 312 g/mol. The topological polar surface area (TPSA) is 79.0 Å². The van der Waals surface area contributed by atoms with E-state index in [0.29, 0.717) is 5.52 Å². The van der Waals surface area contributed by atoms with E-state index in [1.807, 2.05) is 18.2 Å². The van der Waals surface area contributed by atoms with Crippen molar-refractivity contribution in [3.63, 3.8) is 0 Å². The lowest BCUT2D eigenvalue weighted by atomic mass is 10.2. The number of carbonyl (C=O) groups is 1. The molecule has 0 saturated carbocycles. The van der Waals surface area contributed by atoms with Crippen molar-refractivity contribution >= 4 is 17.0 Å². The summed E-state index contributed by atoms with van der Waals surface area (Å²) in [6.45, 7) is 3.51. The Morgan fingerprint density at radius 1 is 1.22 bits per heavy atom. The first-order chi connectivity index (χ1) is 11.0. The van der Waals surface area contributed by atoms with Gasteiger partial charge in [0.1, 0.15) is 11.9 Å². The number of hydrogen-bond donors (Lipinski definition) is 0. The molecule has 0 atom stereocenters. The average Bonchev–Trinajstić information content (AvgIpc) is 2.79. The normalized spacial score (nSPS) is 11.1. The maximum absolute atomic E-state index is 12.6. The summed E-state index contributed by atoms with van der Waals surface area (Å²) in [5.41, 5.74) is 1.28. The maximum Gasteiger partial charge on any atom is 0.343 e. The number of imidazole rings is 1. The van der Waals surface area contributed by atoms with E-state index < -0.39 is 5.97 Å².